The van der Waals surface area contributed by atoms with Crippen LogP contribution in [0.15, 0.2) is 34.9 Å². The standard InChI is InChI=1S/C14H14N4O2/c15-6-3-7-16-14(19)13-10-8-20-11-5-2-1-4-9(11)12(10)17-18-13/h1-2,4-5,8H,3,6-7,15H2,(H,16,19). The molecule has 0 saturated carbocycles. The molecule has 0 aliphatic carbocycles. The van der Waals surface area contributed by atoms with Gasteiger partial charge in [0.15, 0.2) is 5.69 Å². The van der Waals surface area contributed by atoms with Crippen LogP contribution in [0.25, 0.3) is 22.2 Å². The van der Waals surface area contributed by atoms with Crippen LogP contribution in [0.4, 0.5) is 0 Å². The van der Waals surface area contributed by atoms with Crippen molar-refractivity contribution < 1.29 is 9.21 Å². The molecule has 102 valence electrons. The molecule has 1 aromatic rings. The number of nitrogens with two attached hydrogens (primary N) is 1. The lowest BCUT2D eigenvalue weighted by Crippen LogP contribution is -2.26. The summed E-state index contributed by atoms with van der Waals surface area (Å²) in [5.74, 6) is -0.258. The highest BCUT2D eigenvalue weighted by molar-refractivity contribution is 6.03. The van der Waals surface area contributed by atoms with Crippen molar-refractivity contribution in [1.29, 1.82) is 0 Å². The number of benzene rings is 1. The minimum Gasteiger partial charge on any atom is -0.463 e. The zero-order chi connectivity index (χ0) is 13.9. The van der Waals surface area contributed by atoms with Gasteiger partial charge >= 0.3 is 0 Å². The van der Waals surface area contributed by atoms with Gasteiger partial charge in [-0.3, -0.25) is 4.79 Å². The molecule has 0 atom stereocenters. The lowest BCUT2D eigenvalue weighted by Gasteiger charge is -2.04. The molecule has 6 heteroatoms. The summed E-state index contributed by atoms with van der Waals surface area (Å²) in [4.78, 5) is 12.0. The van der Waals surface area contributed by atoms with E-state index in [0.717, 1.165) is 17.4 Å². The Morgan fingerprint density at radius 1 is 1.30 bits per heavy atom. The smallest absolute Gasteiger partial charge is 0.272 e. The average Bonchev–Trinajstić information content (AvgIpc) is 2.92. The van der Waals surface area contributed by atoms with Crippen LogP contribution in [-0.4, -0.2) is 29.2 Å². The molecule has 1 amide bonds. The van der Waals surface area contributed by atoms with E-state index in [4.69, 9.17) is 10.2 Å². The predicted octanol–water partition coefficient (Wildman–Crippen LogP) is 1.41. The van der Waals surface area contributed by atoms with Crippen molar-refractivity contribution in [1.82, 2.24) is 15.5 Å². The van der Waals surface area contributed by atoms with E-state index in [1.54, 1.807) is 0 Å². The number of nitrogens with zero attached hydrogens (tertiary/aromatic N) is 2. The summed E-state index contributed by atoms with van der Waals surface area (Å²) in [5.41, 5.74) is 7.69. The molecule has 0 fully saturated rings. The fraction of sp³-hybridized carbons (Fsp3) is 0.214. The molecule has 6 nitrogen and oxygen atoms in total. The van der Waals surface area contributed by atoms with Gasteiger partial charge in [0.1, 0.15) is 17.5 Å². The van der Waals surface area contributed by atoms with Crippen LogP contribution in [0.1, 0.15) is 16.9 Å². The summed E-state index contributed by atoms with van der Waals surface area (Å²) in [7, 11) is 0. The number of amides is 1. The Bertz CT molecular complexity index is 722. The first-order valence-electron chi connectivity index (χ1n) is 6.42. The van der Waals surface area contributed by atoms with E-state index < -0.39 is 0 Å². The van der Waals surface area contributed by atoms with Crippen molar-refractivity contribution in [3.8, 4) is 11.3 Å². The molecular weight excluding hydrogens is 256 g/mol. The second-order valence-electron chi connectivity index (χ2n) is 4.44. The van der Waals surface area contributed by atoms with Gasteiger partial charge in [0, 0.05) is 11.9 Å². The molecule has 1 aromatic carbocycles. The molecule has 2 heterocycles. The fourth-order valence-corrected chi connectivity index (χ4v) is 2.07. The molecule has 0 spiro atoms. The van der Waals surface area contributed by atoms with Crippen LogP contribution in [0.5, 0.6) is 0 Å². The number of hydrogen-bond acceptors (Lipinski definition) is 5. The van der Waals surface area contributed by atoms with Gasteiger partial charge in [0.05, 0.1) is 5.56 Å². The van der Waals surface area contributed by atoms with Gasteiger partial charge in [-0.15, -0.1) is 10.2 Å². The molecular formula is C14H14N4O2. The Morgan fingerprint density at radius 2 is 2.15 bits per heavy atom. The predicted molar refractivity (Wildman–Crippen MR) is 74.4 cm³/mol. The van der Waals surface area contributed by atoms with Gasteiger partial charge in [0.25, 0.3) is 5.91 Å². The largest absolute Gasteiger partial charge is 0.463 e. The molecule has 0 saturated heterocycles. The zero-order valence-corrected chi connectivity index (χ0v) is 10.8. The number of para-hydroxylation sites is 1. The first-order valence-corrected chi connectivity index (χ1v) is 6.42. The lowest BCUT2D eigenvalue weighted by molar-refractivity contribution is 0.0949. The van der Waals surface area contributed by atoms with Gasteiger partial charge < -0.3 is 15.5 Å². The van der Waals surface area contributed by atoms with Crippen molar-refractivity contribution in [2.45, 2.75) is 6.42 Å². The molecule has 0 aromatic heterocycles. The average molecular weight is 270 g/mol. The number of rotatable bonds is 4. The summed E-state index contributed by atoms with van der Waals surface area (Å²) in [6.45, 7) is 1.06. The third-order valence-corrected chi connectivity index (χ3v) is 3.09. The van der Waals surface area contributed by atoms with E-state index in [9.17, 15) is 4.79 Å². The fourth-order valence-electron chi connectivity index (χ4n) is 2.07. The maximum atomic E-state index is 12.0. The SMILES string of the molecule is NCCCNC(=O)c1nnc2c3ccccc3occ1-2. The monoisotopic (exact) mass is 270 g/mol. The maximum Gasteiger partial charge on any atom is 0.272 e. The van der Waals surface area contributed by atoms with Crippen molar-refractivity contribution in [3.05, 3.63) is 36.2 Å². The highest BCUT2D eigenvalue weighted by Crippen LogP contribution is 2.31. The summed E-state index contributed by atoms with van der Waals surface area (Å²) < 4.78 is 5.52. The van der Waals surface area contributed by atoms with E-state index in [-0.39, 0.29) is 11.6 Å². The van der Waals surface area contributed by atoms with Crippen LogP contribution in [0, 0.1) is 0 Å². The number of fused-ring (bicyclic) bond motifs is 3. The lowest BCUT2D eigenvalue weighted by atomic mass is 10.1. The summed E-state index contributed by atoms with van der Waals surface area (Å²) in [6, 6.07) is 7.53. The van der Waals surface area contributed by atoms with E-state index in [0.29, 0.717) is 24.3 Å². The van der Waals surface area contributed by atoms with Crippen LogP contribution >= 0.6 is 0 Å². The molecule has 20 heavy (non-hydrogen) atoms. The molecule has 2 aliphatic heterocycles. The first-order chi connectivity index (χ1) is 9.81. The van der Waals surface area contributed by atoms with Crippen molar-refractivity contribution in [2.24, 2.45) is 5.73 Å². The molecule has 0 unspecified atom stereocenters. The van der Waals surface area contributed by atoms with E-state index in [1.165, 1.54) is 6.26 Å². The van der Waals surface area contributed by atoms with Gasteiger partial charge in [-0.25, -0.2) is 0 Å². The van der Waals surface area contributed by atoms with Crippen molar-refractivity contribution in [3.63, 3.8) is 0 Å². The number of aromatic nitrogens is 2. The Labute approximate surface area is 115 Å². The van der Waals surface area contributed by atoms with Crippen LogP contribution in [-0.2, 0) is 0 Å². The number of nitrogens with one attached hydrogen (secondary N) is 1. The summed E-state index contributed by atoms with van der Waals surface area (Å²) in [5, 5.41) is 11.7. The number of carbonyl (C=O) groups excluding carboxylic acids is 1. The molecule has 3 rings (SSSR count). The second kappa shape index (κ2) is 5.26. The Morgan fingerprint density at radius 3 is 3.00 bits per heavy atom. The summed E-state index contributed by atoms with van der Waals surface area (Å²) >= 11 is 0. The van der Waals surface area contributed by atoms with E-state index >= 15 is 0 Å². The van der Waals surface area contributed by atoms with Crippen LogP contribution in [0.3, 0.4) is 0 Å². The van der Waals surface area contributed by atoms with E-state index in [2.05, 4.69) is 15.5 Å². The quantitative estimate of drug-likeness (QED) is 0.699. The molecule has 2 aliphatic rings. The topological polar surface area (TPSA) is 94.0 Å². The van der Waals surface area contributed by atoms with Crippen LogP contribution < -0.4 is 11.1 Å². The minimum absolute atomic E-state index is 0.258. The Balaban J connectivity index is 1.96. The van der Waals surface area contributed by atoms with Gasteiger partial charge in [-0.05, 0) is 25.1 Å². The van der Waals surface area contributed by atoms with Crippen LogP contribution in [0.2, 0.25) is 0 Å². The molecule has 3 N–H and O–H groups in total. The third kappa shape index (κ3) is 2.10. The summed E-state index contributed by atoms with van der Waals surface area (Å²) in [6.07, 6.45) is 2.25. The van der Waals surface area contributed by atoms with Gasteiger partial charge in [-0.1, -0.05) is 12.1 Å². The van der Waals surface area contributed by atoms with Crippen molar-refractivity contribution in [2.75, 3.05) is 13.1 Å². The highest BCUT2D eigenvalue weighted by atomic mass is 16.3. The number of carbonyl (C=O) groups is 1. The molecule has 0 bridgehead atoms. The first kappa shape index (κ1) is 12.6. The normalized spacial score (nSPS) is 11.1. The van der Waals surface area contributed by atoms with Gasteiger partial charge in [-0.2, -0.15) is 0 Å². The van der Waals surface area contributed by atoms with Crippen molar-refractivity contribution >= 4 is 16.9 Å². The molecule has 0 radical (unpaired) electrons. The van der Waals surface area contributed by atoms with Gasteiger partial charge in [0.2, 0.25) is 0 Å². The zero-order valence-electron chi connectivity index (χ0n) is 10.8. The third-order valence-electron chi connectivity index (χ3n) is 3.09. The second-order valence-corrected chi connectivity index (χ2v) is 4.44. The maximum absolute atomic E-state index is 12.0. The Hall–Kier alpha value is -2.47. The number of hydrogen-bond donors (Lipinski definition) is 2. The Kier molecular flexibility index (Phi) is 3.30. The minimum atomic E-state index is -0.258. The van der Waals surface area contributed by atoms with E-state index in [1.807, 2.05) is 24.3 Å². The highest BCUT2D eigenvalue weighted by Gasteiger charge is 2.22.